The van der Waals surface area contributed by atoms with Crippen LogP contribution in [0.4, 0.5) is 10.5 Å². The summed E-state index contributed by atoms with van der Waals surface area (Å²) in [6.07, 6.45) is 1.73. The van der Waals surface area contributed by atoms with Crippen molar-refractivity contribution in [3.63, 3.8) is 0 Å². The number of hydrogen-bond donors (Lipinski definition) is 0. The first-order valence-electron chi connectivity index (χ1n) is 9.23. The zero-order valence-electron chi connectivity index (χ0n) is 15.6. The molecule has 2 saturated heterocycles. The molecule has 4 rings (SSSR count). The molecule has 2 aromatic rings. The second kappa shape index (κ2) is 8.79. The summed E-state index contributed by atoms with van der Waals surface area (Å²) in [6.45, 7) is 3.48. The smallest absolute Gasteiger partial charge is 0.294 e. The topological polar surface area (TPSA) is 43.9 Å². The Morgan fingerprint density at radius 2 is 1.66 bits per heavy atom. The summed E-state index contributed by atoms with van der Waals surface area (Å²) in [4.78, 5) is 31.3. The molecule has 2 amide bonds. The molecule has 0 N–H and O–H groups in total. The molecular weight excluding hydrogens is 429 g/mol. The molecule has 2 aliphatic rings. The number of nitrogens with zero attached hydrogens (tertiary/aromatic N) is 3. The Morgan fingerprint density at radius 3 is 2.34 bits per heavy atom. The Bertz CT molecular complexity index is 957. The molecule has 2 aliphatic heterocycles. The van der Waals surface area contributed by atoms with Gasteiger partial charge < -0.3 is 4.90 Å². The molecular formula is C21H19Cl2N3O2S. The molecule has 0 aliphatic carbocycles. The summed E-state index contributed by atoms with van der Waals surface area (Å²) in [5, 5.41) is 1.12. The van der Waals surface area contributed by atoms with Crippen LogP contribution >= 0.6 is 35.0 Å². The van der Waals surface area contributed by atoms with Crippen molar-refractivity contribution >= 4 is 57.9 Å². The van der Waals surface area contributed by atoms with Crippen molar-refractivity contribution in [2.45, 2.75) is 0 Å². The highest BCUT2D eigenvalue weighted by atomic mass is 35.5. The first kappa shape index (κ1) is 20.3. The summed E-state index contributed by atoms with van der Waals surface area (Å²) in [7, 11) is 0. The molecule has 2 fully saturated rings. The van der Waals surface area contributed by atoms with Crippen molar-refractivity contribution in [1.29, 1.82) is 0 Å². The standard InChI is InChI=1S/C21H19Cl2N3O2S/c22-16-6-4-15(5-7-16)12-19-20(27)26(21(28)29-19)14-24-8-10-25(11-9-24)18-3-1-2-17(23)13-18/h1-7,12-13H,8-11,14H2/b19-12+. The average molecular weight is 448 g/mol. The van der Waals surface area contributed by atoms with Gasteiger partial charge in [-0.2, -0.15) is 0 Å². The van der Waals surface area contributed by atoms with Crippen LogP contribution in [-0.2, 0) is 4.79 Å². The lowest BCUT2D eigenvalue weighted by molar-refractivity contribution is -0.124. The number of thioether (sulfide) groups is 1. The van der Waals surface area contributed by atoms with Crippen molar-refractivity contribution < 1.29 is 9.59 Å². The van der Waals surface area contributed by atoms with E-state index in [2.05, 4.69) is 9.80 Å². The maximum Gasteiger partial charge on any atom is 0.294 e. The minimum Gasteiger partial charge on any atom is -0.369 e. The largest absolute Gasteiger partial charge is 0.369 e. The van der Waals surface area contributed by atoms with E-state index in [1.165, 1.54) is 4.90 Å². The first-order valence-corrected chi connectivity index (χ1v) is 10.8. The third-order valence-corrected chi connectivity index (χ3v) is 6.32. The quantitative estimate of drug-likeness (QED) is 0.629. The van der Waals surface area contributed by atoms with Gasteiger partial charge in [-0.15, -0.1) is 0 Å². The normalized spacial score (nSPS) is 19.4. The highest BCUT2D eigenvalue weighted by Gasteiger charge is 2.36. The Morgan fingerprint density at radius 1 is 0.931 bits per heavy atom. The third-order valence-electron chi connectivity index (χ3n) is 4.93. The van der Waals surface area contributed by atoms with Crippen LogP contribution < -0.4 is 4.90 Å². The van der Waals surface area contributed by atoms with Gasteiger partial charge in [-0.1, -0.05) is 41.4 Å². The van der Waals surface area contributed by atoms with E-state index in [1.54, 1.807) is 18.2 Å². The van der Waals surface area contributed by atoms with E-state index in [1.807, 2.05) is 36.4 Å². The maximum absolute atomic E-state index is 12.7. The van der Waals surface area contributed by atoms with Crippen molar-refractivity contribution in [2.24, 2.45) is 0 Å². The maximum atomic E-state index is 12.7. The summed E-state index contributed by atoms with van der Waals surface area (Å²) in [5.74, 6) is -0.243. The first-order chi connectivity index (χ1) is 14.0. The summed E-state index contributed by atoms with van der Waals surface area (Å²) >= 11 is 13.0. The molecule has 29 heavy (non-hydrogen) atoms. The number of carbonyl (C=O) groups is 2. The number of anilines is 1. The molecule has 2 heterocycles. The Labute approximate surface area is 183 Å². The molecule has 0 radical (unpaired) electrons. The zero-order valence-corrected chi connectivity index (χ0v) is 17.9. The van der Waals surface area contributed by atoms with Gasteiger partial charge >= 0.3 is 0 Å². The summed E-state index contributed by atoms with van der Waals surface area (Å²) in [6, 6.07) is 15.0. The van der Waals surface area contributed by atoms with Crippen LogP contribution in [0.3, 0.4) is 0 Å². The molecule has 0 saturated carbocycles. The van der Waals surface area contributed by atoms with E-state index in [-0.39, 0.29) is 11.1 Å². The number of carbonyl (C=O) groups excluding carboxylic acids is 2. The van der Waals surface area contributed by atoms with Crippen LogP contribution in [-0.4, -0.2) is 53.8 Å². The van der Waals surface area contributed by atoms with Gasteiger partial charge in [0.05, 0.1) is 11.6 Å². The van der Waals surface area contributed by atoms with Gasteiger partial charge in [0.25, 0.3) is 11.1 Å². The summed E-state index contributed by atoms with van der Waals surface area (Å²) < 4.78 is 0. The number of amides is 2. The number of piperazine rings is 1. The van der Waals surface area contributed by atoms with Gasteiger partial charge in [-0.05, 0) is 53.7 Å². The molecule has 0 bridgehead atoms. The van der Waals surface area contributed by atoms with Crippen molar-refractivity contribution in [3.8, 4) is 0 Å². The monoisotopic (exact) mass is 447 g/mol. The van der Waals surface area contributed by atoms with Crippen LogP contribution in [0.5, 0.6) is 0 Å². The fraction of sp³-hybridized carbons (Fsp3) is 0.238. The van der Waals surface area contributed by atoms with Gasteiger partial charge in [0.15, 0.2) is 0 Å². The van der Waals surface area contributed by atoms with Gasteiger partial charge in [-0.3, -0.25) is 19.4 Å². The lowest BCUT2D eigenvalue weighted by atomic mass is 10.2. The van der Waals surface area contributed by atoms with E-state index < -0.39 is 0 Å². The van der Waals surface area contributed by atoms with Crippen LogP contribution in [0.15, 0.2) is 53.4 Å². The number of benzene rings is 2. The second-order valence-electron chi connectivity index (χ2n) is 6.89. The molecule has 0 unspecified atom stereocenters. The average Bonchev–Trinajstić information content (AvgIpc) is 2.98. The van der Waals surface area contributed by atoms with Crippen LogP contribution in [0, 0.1) is 0 Å². The fourth-order valence-electron chi connectivity index (χ4n) is 3.35. The Balaban J connectivity index is 1.37. The van der Waals surface area contributed by atoms with E-state index in [9.17, 15) is 9.59 Å². The van der Waals surface area contributed by atoms with Crippen molar-refractivity contribution in [1.82, 2.24) is 9.80 Å². The van der Waals surface area contributed by atoms with E-state index in [0.717, 1.165) is 54.2 Å². The highest BCUT2D eigenvalue weighted by molar-refractivity contribution is 8.18. The fourth-order valence-corrected chi connectivity index (χ4v) is 4.49. The summed E-state index contributed by atoms with van der Waals surface area (Å²) in [5.41, 5.74) is 1.93. The number of rotatable bonds is 4. The van der Waals surface area contributed by atoms with Gasteiger partial charge in [-0.25, -0.2) is 0 Å². The van der Waals surface area contributed by atoms with E-state index >= 15 is 0 Å². The third kappa shape index (κ3) is 4.78. The molecule has 5 nitrogen and oxygen atoms in total. The SMILES string of the molecule is O=C1S/C(=C/c2ccc(Cl)cc2)C(=O)N1CN1CCN(c2cccc(Cl)c2)CC1. The predicted octanol–water partition coefficient (Wildman–Crippen LogP) is 4.81. The number of halogens is 2. The van der Waals surface area contributed by atoms with Gasteiger partial charge in [0.1, 0.15) is 0 Å². The number of imide groups is 1. The minimum absolute atomic E-state index is 0.229. The lowest BCUT2D eigenvalue weighted by Crippen LogP contribution is -2.50. The van der Waals surface area contributed by atoms with Crippen molar-refractivity contribution in [3.05, 3.63) is 69.0 Å². The molecule has 2 aromatic carbocycles. The lowest BCUT2D eigenvalue weighted by Gasteiger charge is -2.37. The minimum atomic E-state index is -0.243. The second-order valence-corrected chi connectivity index (χ2v) is 8.75. The zero-order chi connectivity index (χ0) is 20.4. The van der Waals surface area contributed by atoms with E-state index in [4.69, 9.17) is 23.2 Å². The van der Waals surface area contributed by atoms with Crippen LogP contribution in [0.1, 0.15) is 5.56 Å². The predicted molar refractivity (Wildman–Crippen MR) is 119 cm³/mol. The van der Waals surface area contributed by atoms with Crippen LogP contribution in [0.25, 0.3) is 6.08 Å². The molecule has 0 aromatic heterocycles. The van der Waals surface area contributed by atoms with Crippen molar-refractivity contribution in [2.75, 3.05) is 37.7 Å². The Kier molecular flexibility index (Phi) is 6.15. The van der Waals surface area contributed by atoms with Crippen LogP contribution in [0.2, 0.25) is 10.0 Å². The highest BCUT2D eigenvalue weighted by Crippen LogP contribution is 2.32. The molecule has 150 valence electrons. The molecule has 8 heteroatoms. The van der Waals surface area contributed by atoms with Gasteiger partial charge in [0.2, 0.25) is 0 Å². The molecule has 0 spiro atoms. The Hall–Kier alpha value is -1.99. The van der Waals surface area contributed by atoms with E-state index in [0.29, 0.717) is 16.6 Å². The number of hydrogen-bond acceptors (Lipinski definition) is 5. The van der Waals surface area contributed by atoms with Gasteiger partial charge in [0, 0.05) is 41.9 Å². The molecule has 0 atom stereocenters.